The minimum Gasteiger partial charge on any atom is -0.384 e. The average molecular weight is 248 g/mol. The number of nitrogens with two attached hydrogens (primary N) is 1. The van der Waals surface area contributed by atoms with E-state index < -0.39 is 0 Å². The van der Waals surface area contributed by atoms with Crippen LogP contribution >= 0.6 is 0 Å². The molecule has 1 aliphatic rings. The number of hydrogen-bond acceptors (Lipinski definition) is 4. The minimum absolute atomic E-state index is 0.0859. The molecule has 0 atom stereocenters. The van der Waals surface area contributed by atoms with E-state index in [1.54, 1.807) is 18.3 Å². The lowest BCUT2D eigenvalue weighted by molar-refractivity contribution is 0.0557. The fraction of sp³-hybridized carbons (Fsp3) is 0.538. The molecule has 0 radical (unpaired) electrons. The van der Waals surface area contributed by atoms with Gasteiger partial charge in [-0.15, -0.1) is 0 Å². The Hall–Kier alpha value is -1.62. The summed E-state index contributed by atoms with van der Waals surface area (Å²) in [7, 11) is 4.13. The summed E-state index contributed by atoms with van der Waals surface area (Å²) < 4.78 is 0. The van der Waals surface area contributed by atoms with Crippen molar-refractivity contribution in [3.63, 3.8) is 0 Å². The standard InChI is InChI=1S/C13H20N4O/c1-17(2)13(5-3-6-13)9-16-12(18)10-4-7-15-11(14)8-10/h4,7-8H,3,5-6,9H2,1-2H3,(H2,14,15)(H,16,18). The van der Waals surface area contributed by atoms with Crippen molar-refractivity contribution in [2.75, 3.05) is 26.4 Å². The van der Waals surface area contributed by atoms with Crippen LogP contribution < -0.4 is 11.1 Å². The van der Waals surface area contributed by atoms with Gasteiger partial charge in [0.05, 0.1) is 0 Å². The second kappa shape index (κ2) is 4.94. The molecule has 1 aliphatic carbocycles. The van der Waals surface area contributed by atoms with Crippen LogP contribution in [0.4, 0.5) is 5.82 Å². The number of likely N-dealkylation sites (N-methyl/N-ethyl adjacent to an activating group) is 1. The smallest absolute Gasteiger partial charge is 0.251 e. The van der Waals surface area contributed by atoms with Crippen LogP contribution in [0.15, 0.2) is 18.3 Å². The number of nitrogens with zero attached hydrogens (tertiary/aromatic N) is 2. The average Bonchev–Trinajstić information content (AvgIpc) is 2.26. The molecule has 0 spiro atoms. The molecule has 18 heavy (non-hydrogen) atoms. The molecule has 5 nitrogen and oxygen atoms in total. The zero-order chi connectivity index (χ0) is 13.2. The third-order valence-corrected chi connectivity index (χ3v) is 3.85. The lowest BCUT2D eigenvalue weighted by atomic mass is 9.75. The number of aromatic nitrogens is 1. The molecule has 0 aliphatic heterocycles. The fourth-order valence-electron chi connectivity index (χ4n) is 2.30. The van der Waals surface area contributed by atoms with Gasteiger partial charge in [0, 0.05) is 23.8 Å². The van der Waals surface area contributed by atoms with Crippen LogP contribution in [-0.2, 0) is 0 Å². The van der Waals surface area contributed by atoms with Crippen molar-refractivity contribution in [3.05, 3.63) is 23.9 Å². The van der Waals surface area contributed by atoms with Crippen LogP contribution in [-0.4, -0.2) is 42.0 Å². The van der Waals surface area contributed by atoms with E-state index in [1.807, 2.05) is 0 Å². The van der Waals surface area contributed by atoms with E-state index in [9.17, 15) is 4.79 Å². The second-order valence-corrected chi connectivity index (χ2v) is 5.12. The van der Waals surface area contributed by atoms with Gasteiger partial charge in [-0.25, -0.2) is 4.98 Å². The van der Waals surface area contributed by atoms with Gasteiger partial charge in [-0.1, -0.05) is 0 Å². The first-order valence-electron chi connectivity index (χ1n) is 6.21. The highest BCUT2D eigenvalue weighted by molar-refractivity contribution is 5.94. The summed E-state index contributed by atoms with van der Waals surface area (Å²) in [4.78, 5) is 18.1. The van der Waals surface area contributed by atoms with E-state index in [4.69, 9.17) is 5.73 Å². The maximum atomic E-state index is 12.0. The maximum absolute atomic E-state index is 12.0. The molecular formula is C13H20N4O. The Kier molecular flexibility index (Phi) is 3.52. The first-order valence-corrected chi connectivity index (χ1v) is 6.21. The number of rotatable bonds is 4. The Morgan fingerprint density at radius 2 is 2.28 bits per heavy atom. The molecule has 1 aromatic heterocycles. The van der Waals surface area contributed by atoms with Crippen LogP contribution in [0, 0.1) is 0 Å². The highest BCUT2D eigenvalue weighted by Crippen LogP contribution is 2.35. The van der Waals surface area contributed by atoms with Crippen LogP contribution in [0.1, 0.15) is 29.6 Å². The summed E-state index contributed by atoms with van der Waals surface area (Å²) in [6.07, 6.45) is 5.06. The van der Waals surface area contributed by atoms with E-state index >= 15 is 0 Å². The lowest BCUT2D eigenvalue weighted by Gasteiger charge is -2.47. The number of hydrogen-bond donors (Lipinski definition) is 2. The largest absolute Gasteiger partial charge is 0.384 e. The van der Waals surface area contributed by atoms with E-state index in [-0.39, 0.29) is 11.4 Å². The molecule has 1 fully saturated rings. The molecule has 0 bridgehead atoms. The zero-order valence-electron chi connectivity index (χ0n) is 10.9. The van der Waals surface area contributed by atoms with Gasteiger partial charge >= 0.3 is 0 Å². The highest BCUT2D eigenvalue weighted by Gasteiger charge is 2.39. The van der Waals surface area contributed by atoms with Crippen LogP contribution in [0.3, 0.4) is 0 Å². The molecular weight excluding hydrogens is 228 g/mol. The first kappa shape index (κ1) is 12.8. The number of carbonyl (C=O) groups is 1. The predicted molar refractivity (Wildman–Crippen MR) is 71.3 cm³/mol. The normalized spacial score (nSPS) is 17.3. The van der Waals surface area contributed by atoms with Crippen LogP contribution in [0.25, 0.3) is 0 Å². The molecule has 0 saturated heterocycles. The van der Waals surface area contributed by atoms with Gasteiger partial charge in [-0.2, -0.15) is 0 Å². The van der Waals surface area contributed by atoms with Crippen LogP contribution in [0.5, 0.6) is 0 Å². The maximum Gasteiger partial charge on any atom is 0.251 e. The third-order valence-electron chi connectivity index (χ3n) is 3.85. The molecule has 3 N–H and O–H groups in total. The van der Waals surface area contributed by atoms with Gasteiger partial charge in [0.1, 0.15) is 5.82 Å². The van der Waals surface area contributed by atoms with Crippen LogP contribution in [0.2, 0.25) is 0 Å². The topological polar surface area (TPSA) is 71.2 Å². The Labute approximate surface area is 107 Å². The van der Waals surface area contributed by atoms with Crippen molar-refractivity contribution in [1.82, 2.24) is 15.2 Å². The summed E-state index contributed by atoms with van der Waals surface area (Å²) in [6.45, 7) is 0.682. The lowest BCUT2D eigenvalue weighted by Crippen LogP contribution is -2.57. The van der Waals surface area contributed by atoms with Crippen molar-refractivity contribution < 1.29 is 4.79 Å². The highest BCUT2D eigenvalue weighted by atomic mass is 16.1. The van der Waals surface area contributed by atoms with Crippen molar-refractivity contribution >= 4 is 11.7 Å². The monoisotopic (exact) mass is 248 g/mol. The molecule has 1 amide bonds. The summed E-state index contributed by atoms with van der Waals surface area (Å²) >= 11 is 0. The SMILES string of the molecule is CN(C)C1(CNC(=O)c2ccnc(N)c2)CCC1. The van der Waals surface area contributed by atoms with E-state index in [1.165, 1.54) is 6.42 Å². The number of carbonyl (C=O) groups excluding carboxylic acids is 1. The Morgan fingerprint density at radius 3 is 2.78 bits per heavy atom. The summed E-state index contributed by atoms with van der Waals surface area (Å²) in [5.74, 6) is 0.283. The third kappa shape index (κ3) is 2.46. The zero-order valence-corrected chi connectivity index (χ0v) is 10.9. The quantitative estimate of drug-likeness (QED) is 0.829. The van der Waals surface area contributed by atoms with Gasteiger partial charge in [-0.3, -0.25) is 4.79 Å². The van der Waals surface area contributed by atoms with Gasteiger partial charge in [-0.05, 0) is 45.5 Å². The molecule has 1 aromatic rings. The second-order valence-electron chi connectivity index (χ2n) is 5.12. The van der Waals surface area contributed by atoms with Crippen molar-refractivity contribution in [3.8, 4) is 0 Å². The Morgan fingerprint density at radius 1 is 1.56 bits per heavy atom. The summed E-state index contributed by atoms with van der Waals surface area (Å²) in [5.41, 5.74) is 6.26. The fourth-order valence-corrected chi connectivity index (χ4v) is 2.30. The van der Waals surface area contributed by atoms with E-state index in [0.29, 0.717) is 17.9 Å². The van der Waals surface area contributed by atoms with Gasteiger partial charge < -0.3 is 16.0 Å². The number of nitrogen functional groups attached to an aromatic ring is 1. The van der Waals surface area contributed by atoms with E-state index in [0.717, 1.165) is 12.8 Å². The van der Waals surface area contributed by atoms with Gasteiger partial charge in [0.2, 0.25) is 0 Å². The number of anilines is 1. The van der Waals surface area contributed by atoms with Crippen molar-refractivity contribution in [1.29, 1.82) is 0 Å². The van der Waals surface area contributed by atoms with Crippen molar-refractivity contribution in [2.45, 2.75) is 24.8 Å². The number of amides is 1. The molecule has 0 unspecified atom stereocenters. The number of nitrogens with one attached hydrogen (secondary N) is 1. The van der Waals surface area contributed by atoms with Gasteiger partial charge in [0.25, 0.3) is 5.91 Å². The summed E-state index contributed by atoms with van der Waals surface area (Å²) in [5, 5.41) is 2.99. The predicted octanol–water partition coefficient (Wildman–Crippen LogP) is 0.878. The first-order chi connectivity index (χ1) is 8.53. The minimum atomic E-state index is -0.0859. The van der Waals surface area contributed by atoms with Gasteiger partial charge in [0.15, 0.2) is 0 Å². The Bertz CT molecular complexity index is 440. The summed E-state index contributed by atoms with van der Waals surface area (Å²) in [6, 6.07) is 3.27. The molecule has 98 valence electrons. The van der Waals surface area contributed by atoms with Crippen molar-refractivity contribution in [2.24, 2.45) is 0 Å². The molecule has 1 saturated carbocycles. The molecule has 5 heteroatoms. The molecule has 2 rings (SSSR count). The van der Waals surface area contributed by atoms with E-state index in [2.05, 4.69) is 29.3 Å². The number of pyridine rings is 1. The Balaban J connectivity index is 1.96. The molecule has 1 heterocycles. The molecule has 0 aromatic carbocycles.